The van der Waals surface area contributed by atoms with Crippen LogP contribution in [0.15, 0.2) is 17.1 Å². The van der Waals surface area contributed by atoms with E-state index < -0.39 is 5.54 Å². The molecule has 0 aliphatic carbocycles. The molecule has 1 aliphatic heterocycles. The molecule has 25 heavy (non-hydrogen) atoms. The van der Waals surface area contributed by atoms with E-state index in [2.05, 4.69) is 18.0 Å². The number of unbranched alkanes of at least 4 members (excludes halogenated alkanes) is 13. The van der Waals surface area contributed by atoms with Crippen molar-refractivity contribution in [3.05, 3.63) is 12.2 Å². The van der Waals surface area contributed by atoms with Crippen molar-refractivity contribution in [1.29, 1.82) is 0 Å². The summed E-state index contributed by atoms with van der Waals surface area (Å²) in [7, 11) is 0. The van der Waals surface area contributed by atoms with Gasteiger partial charge in [-0.25, -0.2) is 4.99 Å². The molecule has 0 saturated heterocycles. The average Bonchev–Trinajstić information content (AvgIpc) is 3.00. The molecule has 1 aliphatic rings. The van der Waals surface area contributed by atoms with Crippen molar-refractivity contribution in [2.24, 2.45) is 4.99 Å². The Labute approximate surface area is 156 Å². The Hall–Kier alpha value is -0.830. The molecular formula is C22H41NO2. The summed E-state index contributed by atoms with van der Waals surface area (Å²) in [5.41, 5.74) is -0.435. The molecule has 1 heterocycles. The normalized spacial score (nSPS) is 20.2. The minimum Gasteiger partial charge on any atom is -0.475 e. The minimum absolute atomic E-state index is 0.0448. The first kappa shape index (κ1) is 22.2. The number of aliphatic imine (C=N–C) groups is 1. The highest BCUT2D eigenvalue weighted by molar-refractivity contribution is 5.89. The summed E-state index contributed by atoms with van der Waals surface area (Å²) in [5, 5.41) is 9.24. The highest BCUT2D eigenvalue weighted by atomic mass is 16.5. The summed E-state index contributed by atoms with van der Waals surface area (Å²) in [6.45, 7) is 4.73. The topological polar surface area (TPSA) is 41.8 Å². The maximum absolute atomic E-state index is 9.24. The van der Waals surface area contributed by atoms with Crippen molar-refractivity contribution in [2.75, 3.05) is 13.2 Å². The lowest BCUT2D eigenvalue weighted by molar-refractivity contribution is 0.170. The van der Waals surface area contributed by atoms with Gasteiger partial charge in [0.2, 0.25) is 5.90 Å². The van der Waals surface area contributed by atoms with Gasteiger partial charge in [-0.15, -0.1) is 0 Å². The molecule has 0 amide bonds. The number of aliphatic hydroxyl groups is 1. The Morgan fingerprint density at radius 2 is 1.44 bits per heavy atom. The summed E-state index contributed by atoms with van der Waals surface area (Å²) in [5.74, 6) is 0.672. The summed E-state index contributed by atoms with van der Waals surface area (Å²) in [4.78, 5) is 4.40. The lowest BCUT2D eigenvalue weighted by Crippen LogP contribution is -2.28. The van der Waals surface area contributed by atoms with Gasteiger partial charge in [0.15, 0.2) is 0 Å². The lowest BCUT2D eigenvalue weighted by atomic mass is 10.0. The molecule has 1 unspecified atom stereocenters. The van der Waals surface area contributed by atoms with E-state index in [1.165, 1.54) is 83.5 Å². The summed E-state index contributed by atoms with van der Waals surface area (Å²) < 4.78 is 5.48. The molecular weight excluding hydrogens is 310 g/mol. The van der Waals surface area contributed by atoms with Crippen LogP contribution >= 0.6 is 0 Å². The smallest absolute Gasteiger partial charge is 0.209 e. The number of nitrogens with zero attached hydrogens (tertiary/aromatic N) is 1. The predicted octanol–water partition coefficient (Wildman–Crippen LogP) is 6.20. The largest absolute Gasteiger partial charge is 0.475 e. The maximum Gasteiger partial charge on any atom is 0.209 e. The molecule has 0 bridgehead atoms. The monoisotopic (exact) mass is 351 g/mol. The minimum atomic E-state index is -0.435. The lowest BCUT2D eigenvalue weighted by Gasteiger charge is -2.12. The van der Waals surface area contributed by atoms with E-state index in [1.54, 1.807) is 0 Å². The fraction of sp³-hybridized carbons (Fsp3) is 0.864. The molecule has 0 fully saturated rings. The van der Waals surface area contributed by atoms with Gasteiger partial charge in [0.1, 0.15) is 12.1 Å². The second kappa shape index (κ2) is 14.4. The molecule has 0 aromatic carbocycles. The van der Waals surface area contributed by atoms with Gasteiger partial charge in [-0.3, -0.25) is 0 Å². The SMILES string of the molecule is CCCCCCCCCCCCCCC/C=C/C1=NC(C)(CO)CO1. The van der Waals surface area contributed by atoms with Crippen LogP contribution in [-0.2, 0) is 4.74 Å². The van der Waals surface area contributed by atoms with E-state index in [-0.39, 0.29) is 6.61 Å². The summed E-state index contributed by atoms with van der Waals surface area (Å²) >= 11 is 0. The van der Waals surface area contributed by atoms with Gasteiger partial charge in [-0.2, -0.15) is 0 Å². The zero-order valence-corrected chi connectivity index (χ0v) is 16.8. The van der Waals surface area contributed by atoms with E-state index in [4.69, 9.17) is 4.74 Å². The second-order valence-corrected chi connectivity index (χ2v) is 7.83. The Bertz CT molecular complexity index is 378. The van der Waals surface area contributed by atoms with Crippen molar-refractivity contribution >= 4 is 5.90 Å². The first-order valence-electron chi connectivity index (χ1n) is 10.7. The number of hydrogen-bond donors (Lipinski definition) is 1. The van der Waals surface area contributed by atoms with Gasteiger partial charge in [0.25, 0.3) is 0 Å². The predicted molar refractivity (Wildman–Crippen MR) is 108 cm³/mol. The first-order chi connectivity index (χ1) is 12.2. The quantitative estimate of drug-likeness (QED) is 0.336. The van der Waals surface area contributed by atoms with E-state index in [9.17, 15) is 5.11 Å². The van der Waals surface area contributed by atoms with Crippen molar-refractivity contribution in [3.8, 4) is 0 Å². The van der Waals surface area contributed by atoms with Crippen molar-refractivity contribution in [1.82, 2.24) is 0 Å². The number of allylic oxidation sites excluding steroid dienone is 1. The number of hydrogen-bond acceptors (Lipinski definition) is 3. The molecule has 0 radical (unpaired) electrons. The summed E-state index contributed by atoms with van der Waals surface area (Å²) in [6, 6.07) is 0. The zero-order chi connectivity index (χ0) is 18.2. The van der Waals surface area contributed by atoms with Crippen molar-refractivity contribution in [3.63, 3.8) is 0 Å². The van der Waals surface area contributed by atoms with Crippen LogP contribution in [0.25, 0.3) is 0 Å². The standard InChI is InChI=1S/C22H41NO2/c1-3-4-5-6-7-8-9-10-11-12-13-14-15-16-17-18-21-23-22(2,19-24)20-25-21/h17-18,24H,3-16,19-20H2,1-2H3/b18-17+. The van der Waals surface area contributed by atoms with Gasteiger partial charge in [-0.1, -0.05) is 90.0 Å². The fourth-order valence-electron chi connectivity index (χ4n) is 3.19. The number of rotatable bonds is 16. The van der Waals surface area contributed by atoms with Crippen LogP contribution in [0.3, 0.4) is 0 Å². The fourth-order valence-corrected chi connectivity index (χ4v) is 3.19. The maximum atomic E-state index is 9.24. The number of aliphatic hydroxyl groups excluding tert-OH is 1. The molecule has 0 spiro atoms. The Morgan fingerprint density at radius 3 is 1.92 bits per heavy atom. The number of ether oxygens (including phenoxy) is 1. The molecule has 3 nitrogen and oxygen atoms in total. The third kappa shape index (κ3) is 11.4. The summed E-state index contributed by atoms with van der Waals surface area (Å²) in [6.07, 6.45) is 23.3. The van der Waals surface area contributed by atoms with Crippen LogP contribution in [0.4, 0.5) is 0 Å². The van der Waals surface area contributed by atoms with Gasteiger partial charge < -0.3 is 9.84 Å². The molecule has 1 N–H and O–H groups in total. The van der Waals surface area contributed by atoms with Crippen LogP contribution in [-0.4, -0.2) is 29.8 Å². The van der Waals surface area contributed by atoms with E-state index in [0.29, 0.717) is 12.5 Å². The average molecular weight is 352 g/mol. The third-order valence-corrected chi connectivity index (χ3v) is 4.99. The zero-order valence-electron chi connectivity index (χ0n) is 16.8. The Morgan fingerprint density at radius 1 is 0.920 bits per heavy atom. The molecule has 0 aromatic heterocycles. The highest BCUT2D eigenvalue weighted by Gasteiger charge is 2.29. The van der Waals surface area contributed by atoms with Crippen LogP contribution in [0.2, 0.25) is 0 Å². The van der Waals surface area contributed by atoms with Crippen LogP contribution in [0.5, 0.6) is 0 Å². The molecule has 1 atom stereocenters. The third-order valence-electron chi connectivity index (χ3n) is 4.99. The second-order valence-electron chi connectivity index (χ2n) is 7.83. The molecule has 1 rings (SSSR count). The molecule has 0 aromatic rings. The van der Waals surface area contributed by atoms with Gasteiger partial charge in [-0.05, 0) is 25.8 Å². The van der Waals surface area contributed by atoms with Crippen LogP contribution < -0.4 is 0 Å². The van der Waals surface area contributed by atoms with Gasteiger partial charge in [0.05, 0.1) is 6.61 Å². The first-order valence-corrected chi connectivity index (χ1v) is 10.7. The van der Waals surface area contributed by atoms with Crippen molar-refractivity contribution < 1.29 is 9.84 Å². The van der Waals surface area contributed by atoms with E-state index in [1.807, 2.05) is 13.0 Å². The Balaban J connectivity index is 1.83. The van der Waals surface area contributed by atoms with Gasteiger partial charge in [0, 0.05) is 0 Å². The van der Waals surface area contributed by atoms with Gasteiger partial charge >= 0.3 is 0 Å². The van der Waals surface area contributed by atoms with Crippen molar-refractivity contribution in [2.45, 2.75) is 109 Å². The van der Waals surface area contributed by atoms with Crippen LogP contribution in [0, 0.1) is 0 Å². The molecule has 0 saturated carbocycles. The van der Waals surface area contributed by atoms with E-state index >= 15 is 0 Å². The highest BCUT2D eigenvalue weighted by Crippen LogP contribution is 2.18. The molecule has 146 valence electrons. The molecule has 3 heteroatoms. The van der Waals surface area contributed by atoms with E-state index in [0.717, 1.165) is 6.42 Å². The van der Waals surface area contributed by atoms with Crippen LogP contribution in [0.1, 0.15) is 104 Å². The Kier molecular flexibility index (Phi) is 12.8.